The van der Waals surface area contributed by atoms with Gasteiger partial charge in [0.2, 0.25) is 0 Å². The van der Waals surface area contributed by atoms with Crippen LogP contribution >= 0.6 is 0 Å². The quantitative estimate of drug-likeness (QED) is 0.593. The Hall–Kier alpha value is -0.120. The molecule has 0 aliphatic heterocycles. The Morgan fingerprint density at radius 1 is 1.45 bits per heavy atom. The van der Waals surface area contributed by atoms with Gasteiger partial charge in [-0.05, 0) is 32.9 Å². The van der Waals surface area contributed by atoms with Crippen molar-refractivity contribution in [2.75, 3.05) is 27.2 Å². The molecule has 1 fully saturated rings. The van der Waals surface area contributed by atoms with Crippen LogP contribution in [0.15, 0.2) is 0 Å². The zero-order chi connectivity index (χ0) is 8.48. The molecule has 0 saturated heterocycles. The summed E-state index contributed by atoms with van der Waals surface area (Å²) in [5, 5.41) is 18.2. The smallest absolute Gasteiger partial charge is 0.0883 e. The molecule has 1 rings (SSSR count). The molecule has 0 aromatic carbocycles. The highest BCUT2D eigenvalue weighted by molar-refractivity contribution is 4.94. The summed E-state index contributed by atoms with van der Waals surface area (Å²) in [6.07, 6.45) is 1.50. The highest BCUT2D eigenvalue weighted by Gasteiger charge is 2.41. The molecule has 0 amide bonds. The highest BCUT2D eigenvalue weighted by atomic mass is 16.3. The van der Waals surface area contributed by atoms with Crippen LogP contribution in [0.4, 0.5) is 0 Å². The largest absolute Gasteiger partial charge is 0.393 e. The van der Waals surface area contributed by atoms with Gasteiger partial charge in [-0.3, -0.25) is 0 Å². The lowest BCUT2D eigenvalue weighted by Gasteiger charge is -2.43. The molecule has 0 bridgehead atoms. The molecule has 3 heteroatoms. The van der Waals surface area contributed by atoms with Gasteiger partial charge in [-0.2, -0.15) is 0 Å². The average molecular weight is 159 g/mol. The molecule has 0 unspecified atom stereocenters. The Labute approximate surface area is 67.6 Å². The fourth-order valence-electron chi connectivity index (χ4n) is 1.79. The molecule has 66 valence electrons. The summed E-state index contributed by atoms with van der Waals surface area (Å²) in [6, 6.07) is 0. The fraction of sp³-hybridized carbons (Fsp3) is 1.00. The zero-order valence-corrected chi connectivity index (χ0v) is 7.25. The number of aliphatic hydroxyl groups excluding tert-OH is 1. The lowest BCUT2D eigenvalue weighted by Crippen LogP contribution is -2.49. The van der Waals surface area contributed by atoms with E-state index in [0.717, 1.165) is 19.4 Å². The molecule has 0 aromatic heterocycles. The second-order valence-corrected chi connectivity index (χ2v) is 3.92. The van der Waals surface area contributed by atoms with E-state index in [2.05, 4.69) is 4.90 Å². The molecule has 0 spiro atoms. The zero-order valence-electron chi connectivity index (χ0n) is 7.25. The van der Waals surface area contributed by atoms with E-state index in [1.807, 2.05) is 14.1 Å². The van der Waals surface area contributed by atoms with E-state index in [-0.39, 0.29) is 6.61 Å². The highest BCUT2D eigenvalue weighted by Crippen LogP contribution is 2.37. The Morgan fingerprint density at radius 2 is 2.00 bits per heavy atom. The predicted octanol–water partition coefficient (Wildman–Crippen LogP) is -0.319. The van der Waals surface area contributed by atoms with Crippen molar-refractivity contribution in [1.82, 2.24) is 4.90 Å². The van der Waals surface area contributed by atoms with Crippen LogP contribution in [0.5, 0.6) is 0 Å². The third-order valence-electron chi connectivity index (χ3n) is 2.25. The number of aliphatic hydroxyl groups is 2. The van der Waals surface area contributed by atoms with Gasteiger partial charge in [0.15, 0.2) is 0 Å². The van der Waals surface area contributed by atoms with Gasteiger partial charge in [0.25, 0.3) is 0 Å². The van der Waals surface area contributed by atoms with E-state index in [9.17, 15) is 5.11 Å². The maximum atomic E-state index is 9.43. The molecule has 11 heavy (non-hydrogen) atoms. The van der Waals surface area contributed by atoms with Gasteiger partial charge in [-0.25, -0.2) is 0 Å². The summed E-state index contributed by atoms with van der Waals surface area (Å²) in [7, 11) is 4.05. The van der Waals surface area contributed by atoms with Crippen molar-refractivity contribution in [3.63, 3.8) is 0 Å². The van der Waals surface area contributed by atoms with Crippen LogP contribution in [0.3, 0.4) is 0 Å². The van der Waals surface area contributed by atoms with Crippen LogP contribution in [0.1, 0.15) is 12.8 Å². The summed E-state index contributed by atoms with van der Waals surface area (Å²) in [6.45, 7) is 0.930. The van der Waals surface area contributed by atoms with E-state index < -0.39 is 5.60 Å². The normalized spacial score (nSPS) is 37.4. The SMILES string of the molecule is CN(C)CC1CC(O)(CO)C1. The lowest BCUT2D eigenvalue weighted by molar-refractivity contribution is -0.110. The Bertz CT molecular complexity index is 130. The third kappa shape index (κ3) is 2.15. The van der Waals surface area contributed by atoms with Crippen LogP contribution in [-0.2, 0) is 0 Å². The summed E-state index contributed by atoms with van der Waals surface area (Å²) in [5.41, 5.74) is -0.749. The molecule has 3 nitrogen and oxygen atoms in total. The van der Waals surface area contributed by atoms with Crippen molar-refractivity contribution in [2.45, 2.75) is 18.4 Å². The second kappa shape index (κ2) is 3.09. The van der Waals surface area contributed by atoms with Crippen LogP contribution in [-0.4, -0.2) is 48.0 Å². The van der Waals surface area contributed by atoms with Crippen molar-refractivity contribution in [3.8, 4) is 0 Å². The van der Waals surface area contributed by atoms with Crippen LogP contribution < -0.4 is 0 Å². The van der Waals surface area contributed by atoms with E-state index >= 15 is 0 Å². The van der Waals surface area contributed by atoms with Gasteiger partial charge in [0.1, 0.15) is 0 Å². The number of hydrogen-bond acceptors (Lipinski definition) is 3. The van der Waals surface area contributed by atoms with E-state index in [1.165, 1.54) is 0 Å². The van der Waals surface area contributed by atoms with Crippen molar-refractivity contribution in [3.05, 3.63) is 0 Å². The maximum absolute atomic E-state index is 9.43. The molecular weight excluding hydrogens is 142 g/mol. The summed E-state index contributed by atoms with van der Waals surface area (Å²) < 4.78 is 0. The van der Waals surface area contributed by atoms with Gasteiger partial charge >= 0.3 is 0 Å². The van der Waals surface area contributed by atoms with E-state index in [0.29, 0.717) is 5.92 Å². The Morgan fingerprint density at radius 3 is 2.36 bits per heavy atom. The summed E-state index contributed by atoms with van der Waals surface area (Å²) in [5.74, 6) is 0.571. The first-order chi connectivity index (χ1) is 5.06. The van der Waals surface area contributed by atoms with Gasteiger partial charge in [0.05, 0.1) is 12.2 Å². The standard InChI is InChI=1S/C8H17NO2/c1-9(2)5-7-3-8(11,4-7)6-10/h7,10-11H,3-6H2,1-2H3. The van der Waals surface area contributed by atoms with Gasteiger partial charge in [0, 0.05) is 6.54 Å². The summed E-state index contributed by atoms with van der Waals surface area (Å²) in [4.78, 5) is 2.11. The number of rotatable bonds is 3. The van der Waals surface area contributed by atoms with Crippen molar-refractivity contribution in [1.29, 1.82) is 0 Å². The number of nitrogens with zero attached hydrogens (tertiary/aromatic N) is 1. The first-order valence-electron chi connectivity index (χ1n) is 4.04. The van der Waals surface area contributed by atoms with Gasteiger partial charge < -0.3 is 15.1 Å². The van der Waals surface area contributed by atoms with Crippen molar-refractivity contribution >= 4 is 0 Å². The van der Waals surface area contributed by atoms with Crippen LogP contribution in [0, 0.1) is 5.92 Å². The first-order valence-corrected chi connectivity index (χ1v) is 4.04. The van der Waals surface area contributed by atoms with Gasteiger partial charge in [-0.1, -0.05) is 0 Å². The molecule has 1 aliphatic carbocycles. The van der Waals surface area contributed by atoms with Crippen LogP contribution in [0.2, 0.25) is 0 Å². The second-order valence-electron chi connectivity index (χ2n) is 3.92. The maximum Gasteiger partial charge on any atom is 0.0883 e. The number of hydrogen-bond donors (Lipinski definition) is 2. The lowest BCUT2D eigenvalue weighted by atomic mass is 9.71. The molecule has 0 heterocycles. The van der Waals surface area contributed by atoms with Crippen LogP contribution in [0.25, 0.3) is 0 Å². The molecule has 0 radical (unpaired) electrons. The Balaban J connectivity index is 2.18. The average Bonchev–Trinajstić information content (AvgIpc) is 1.83. The molecule has 1 aliphatic rings. The predicted molar refractivity (Wildman–Crippen MR) is 43.3 cm³/mol. The fourth-order valence-corrected chi connectivity index (χ4v) is 1.79. The van der Waals surface area contributed by atoms with E-state index in [1.54, 1.807) is 0 Å². The minimum Gasteiger partial charge on any atom is -0.393 e. The minimum absolute atomic E-state index is 0.0864. The van der Waals surface area contributed by atoms with E-state index in [4.69, 9.17) is 5.11 Å². The molecule has 2 N–H and O–H groups in total. The molecular formula is C8H17NO2. The molecule has 0 atom stereocenters. The monoisotopic (exact) mass is 159 g/mol. The molecule has 0 aromatic rings. The first kappa shape index (κ1) is 8.97. The Kier molecular flexibility index (Phi) is 2.52. The minimum atomic E-state index is -0.749. The van der Waals surface area contributed by atoms with Crippen molar-refractivity contribution < 1.29 is 10.2 Å². The topological polar surface area (TPSA) is 43.7 Å². The van der Waals surface area contributed by atoms with Gasteiger partial charge in [-0.15, -0.1) is 0 Å². The molecule has 1 saturated carbocycles. The third-order valence-corrected chi connectivity index (χ3v) is 2.25. The van der Waals surface area contributed by atoms with Crippen molar-refractivity contribution in [2.24, 2.45) is 5.92 Å². The summed E-state index contributed by atoms with van der Waals surface area (Å²) >= 11 is 0.